The molecule has 0 spiro atoms. The van der Waals surface area contributed by atoms with E-state index in [2.05, 4.69) is 20.8 Å². The maximum atomic E-state index is 12.0. The summed E-state index contributed by atoms with van der Waals surface area (Å²) in [5, 5.41) is 31.7. The number of aliphatic hydroxyl groups excluding tert-OH is 2. The molecule has 0 amide bonds. The summed E-state index contributed by atoms with van der Waals surface area (Å²) in [7, 11) is 0. The smallest absolute Gasteiger partial charge is 0.0761 e. The Morgan fingerprint density at radius 2 is 1.82 bits per heavy atom. The molecule has 6 saturated carbocycles. The SMILES string of the molecule is CC1C2C3C4C5CC5C(OCCO)C4(C)CCC3C3(C)CCC(O)CC3(O)C12. The topological polar surface area (TPSA) is 69.9 Å². The van der Waals surface area contributed by atoms with E-state index in [0.29, 0.717) is 48.7 Å². The fraction of sp³-hybridized carbons (Fsp3) is 1.00. The van der Waals surface area contributed by atoms with Gasteiger partial charge in [-0.3, -0.25) is 0 Å². The molecule has 6 fully saturated rings. The molecule has 4 nitrogen and oxygen atoms in total. The van der Waals surface area contributed by atoms with Crippen LogP contribution < -0.4 is 0 Å². The molecule has 0 radical (unpaired) electrons. The number of aliphatic hydroxyl groups is 3. The lowest BCUT2D eigenvalue weighted by molar-refractivity contribution is -0.232. The Morgan fingerprint density at radius 1 is 1.04 bits per heavy atom. The molecule has 4 heteroatoms. The third-order valence-corrected chi connectivity index (χ3v) is 11.2. The summed E-state index contributed by atoms with van der Waals surface area (Å²) in [6.45, 7) is 7.82. The number of ether oxygens (including phenoxy) is 1. The van der Waals surface area contributed by atoms with Crippen molar-refractivity contribution in [3.8, 4) is 0 Å². The molecule has 13 unspecified atom stereocenters. The highest BCUT2D eigenvalue weighted by atomic mass is 16.5. The minimum absolute atomic E-state index is 0.0431. The largest absolute Gasteiger partial charge is 0.394 e. The minimum Gasteiger partial charge on any atom is -0.394 e. The molecule has 158 valence electrons. The van der Waals surface area contributed by atoms with E-state index in [1.165, 1.54) is 19.3 Å². The molecule has 0 bridgehead atoms. The Balaban J connectivity index is 1.39. The van der Waals surface area contributed by atoms with Gasteiger partial charge in [0.1, 0.15) is 0 Å². The van der Waals surface area contributed by atoms with E-state index in [1.54, 1.807) is 0 Å². The quantitative estimate of drug-likeness (QED) is 0.693. The van der Waals surface area contributed by atoms with Crippen LogP contribution in [0.5, 0.6) is 0 Å². The normalized spacial score (nSPS) is 66.2. The van der Waals surface area contributed by atoms with Crippen LogP contribution in [0.1, 0.15) is 59.3 Å². The van der Waals surface area contributed by atoms with Crippen molar-refractivity contribution >= 4 is 0 Å². The second-order valence-electron chi connectivity index (χ2n) is 12.0. The number of rotatable bonds is 3. The molecule has 0 saturated heterocycles. The fourth-order valence-corrected chi connectivity index (χ4v) is 10.1. The van der Waals surface area contributed by atoms with E-state index < -0.39 is 5.60 Å². The maximum Gasteiger partial charge on any atom is 0.0761 e. The van der Waals surface area contributed by atoms with E-state index in [1.807, 2.05) is 0 Å². The van der Waals surface area contributed by atoms with Crippen LogP contribution >= 0.6 is 0 Å². The zero-order valence-electron chi connectivity index (χ0n) is 17.7. The highest BCUT2D eigenvalue weighted by Gasteiger charge is 2.80. The molecule has 0 aliphatic heterocycles. The highest BCUT2D eigenvalue weighted by molar-refractivity contribution is 5.28. The van der Waals surface area contributed by atoms with Crippen LogP contribution in [0.2, 0.25) is 0 Å². The van der Waals surface area contributed by atoms with Crippen LogP contribution in [0.15, 0.2) is 0 Å². The van der Waals surface area contributed by atoms with Crippen LogP contribution in [-0.4, -0.2) is 46.3 Å². The zero-order valence-corrected chi connectivity index (χ0v) is 17.7. The number of fused-ring (bicyclic) bond motifs is 10. The Labute approximate surface area is 169 Å². The minimum atomic E-state index is -0.669. The van der Waals surface area contributed by atoms with Gasteiger partial charge in [0.2, 0.25) is 0 Å². The average Bonchev–Trinajstić information content (AvgIpc) is 3.53. The third kappa shape index (κ3) is 1.98. The highest BCUT2D eigenvalue weighted by Crippen LogP contribution is 2.81. The van der Waals surface area contributed by atoms with E-state index in [-0.39, 0.29) is 23.5 Å². The summed E-state index contributed by atoms with van der Waals surface area (Å²) >= 11 is 0. The predicted molar refractivity (Wildman–Crippen MR) is 105 cm³/mol. The maximum absolute atomic E-state index is 12.0. The van der Waals surface area contributed by atoms with Gasteiger partial charge in [0.05, 0.1) is 31.0 Å². The fourth-order valence-electron chi connectivity index (χ4n) is 10.1. The van der Waals surface area contributed by atoms with Crippen LogP contribution in [0.4, 0.5) is 0 Å². The van der Waals surface area contributed by atoms with E-state index in [9.17, 15) is 15.3 Å². The van der Waals surface area contributed by atoms with Gasteiger partial charge in [-0.1, -0.05) is 20.8 Å². The Bertz CT molecular complexity index is 682. The van der Waals surface area contributed by atoms with Gasteiger partial charge in [-0.05, 0) is 90.3 Å². The summed E-state index contributed by atoms with van der Waals surface area (Å²) in [6, 6.07) is 0. The Hall–Kier alpha value is -0.160. The zero-order chi connectivity index (χ0) is 19.6. The van der Waals surface area contributed by atoms with Crippen molar-refractivity contribution in [3.05, 3.63) is 0 Å². The number of hydrogen-bond donors (Lipinski definition) is 3. The monoisotopic (exact) mass is 390 g/mol. The summed E-state index contributed by atoms with van der Waals surface area (Å²) in [4.78, 5) is 0. The van der Waals surface area contributed by atoms with Crippen molar-refractivity contribution in [1.29, 1.82) is 0 Å². The van der Waals surface area contributed by atoms with Crippen LogP contribution in [0, 0.1) is 58.2 Å². The van der Waals surface area contributed by atoms with Crippen molar-refractivity contribution in [3.63, 3.8) is 0 Å². The second-order valence-corrected chi connectivity index (χ2v) is 12.0. The van der Waals surface area contributed by atoms with Crippen LogP contribution in [0.3, 0.4) is 0 Å². The van der Waals surface area contributed by atoms with Crippen molar-refractivity contribution in [2.75, 3.05) is 13.2 Å². The lowest BCUT2D eigenvalue weighted by atomic mass is 9.43. The molecule has 13 atom stereocenters. The summed E-state index contributed by atoms with van der Waals surface area (Å²) < 4.78 is 6.27. The molecule has 6 aliphatic rings. The van der Waals surface area contributed by atoms with E-state index in [4.69, 9.17) is 4.74 Å². The molecule has 0 aromatic heterocycles. The third-order valence-electron chi connectivity index (χ3n) is 11.2. The van der Waals surface area contributed by atoms with Gasteiger partial charge >= 0.3 is 0 Å². The van der Waals surface area contributed by atoms with Crippen molar-refractivity contribution < 1.29 is 20.1 Å². The molecular weight excluding hydrogens is 352 g/mol. The van der Waals surface area contributed by atoms with Gasteiger partial charge < -0.3 is 20.1 Å². The first kappa shape index (κ1) is 18.6. The van der Waals surface area contributed by atoms with Crippen molar-refractivity contribution in [2.24, 2.45) is 58.2 Å². The molecule has 0 aromatic carbocycles. The van der Waals surface area contributed by atoms with Gasteiger partial charge in [-0.15, -0.1) is 0 Å². The lowest BCUT2D eigenvalue weighted by Crippen LogP contribution is -2.64. The first-order chi connectivity index (χ1) is 13.3. The summed E-state index contributed by atoms with van der Waals surface area (Å²) in [6.07, 6.45) is 6.12. The Kier molecular flexibility index (Phi) is 3.68. The van der Waals surface area contributed by atoms with Gasteiger partial charge in [0.15, 0.2) is 0 Å². The first-order valence-corrected chi connectivity index (χ1v) is 11.9. The van der Waals surface area contributed by atoms with Gasteiger partial charge in [0, 0.05) is 6.42 Å². The van der Waals surface area contributed by atoms with Crippen LogP contribution in [0.25, 0.3) is 0 Å². The van der Waals surface area contributed by atoms with Gasteiger partial charge in [-0.2, -0.15) is 0 Å². The van der Waals surface area contributed by atoms with Gasteiger partial charge in [0.25, 0.3) is 0 Å². The molecular formula is C24H38O4. The van der Waals surface area contributed by atoms with Crippen LogP contribution in [-0.2, 0) is 4.74 Å². The summed E-state index contributed by atoms with van der Waals surface area (Å²) in [5.41, 5.74) is -0.465. The molecule has 0 heterocycles. The summed E-state index contributed by atoms with van der Waals surface area (Å²) in [5.74, 6) is 5.14. The van der Waals surface area contributed by atoms with Crippen molar-refractivity contribution in [1.82, 2.24) is 0 Å². The van der Waals surface area contributed by atoms with E-state index >= 15 is 0 Å². The molecule has 6 rings (SSSR count). The molecule has 6 aliphatic carbocycles. The first-order valence-electron chi connectivity index (χ1n) is 11.9. The van der Waals surface area contributed by atoms with E-state index in [0.717, 1.165) is 30.6 Å². The lowest BCUT2D eigenvalue weighted by Gasteiger charge is -2.64. The van der Waals surface area contributed by atoms with Gasteiger partial charge in [-0.25, -0.2) is 0 Å². The second kappa shape index (κ2) is 5.55. The standard InChI is InChI=1S/C24H38O4/c1-12-17-18-16(23(3)7-4-13(26)11-24(23,27)19(12)17)5-6-22(2)20(18)14-10-15(14)21(22)28-9-8-25/h12-21,25-27H,4-11H2,1-3H3. The predicted octanol–water partition coefficient (Wildman–Crippen LogP) is 2.84. The van der Waals surface area contributed by atoms with Crippen molar-refractivity contribution in [2.45, 2.75) is 77.1 Å². The average molecular weight is 391 g/mol. The molecule has 0 aromatic rings. The molecule has 3 N–H and O–H groups in total. The molecule has 28 heavy (non-hydrogen) atoms. The Morgan fingerprint density at radius 3 is 2.57 bits per heavy atom. The number of hydrogen-bond acceptors (Lipinski definition) is 4.